The Bertz CT molecular complexity index is 1070. The molecule has 3 heterocycles. The van der Waals surface area contributed by atoms with Crippen molar-refractivity contribution in [3.05, 3.63) is 45.5 Å². The highest BCUT2D eigenvalue weighted by Gasteiger charge is 2.23. The number of thiophene rings is 2. The monoisotopic (exact) mass is 494 g/mol. The fraction of sp³-hybridized carbons (Fsp3) is 0.333. The van der Waals surface area contributed by atoms with E-state index < -0.39 is 24.5 Å². The molecule has 1 amide bonds. The summed E-state index contributed by atoms with van der Waals surface area (Å²) in [5.74, 6) is -0.177. The topological polar surface area (TPSA) is 108 Å². The van der Waals surface area contributed by atoms with Crippen molar-refractivity contribution in [3.63, 3.8) is 0 Å². The van der Waals surface area contributed by atoms with Crippen LogP contribution in [-0.2, 0) is 24.8 Å². The number of esters is 2. The lowest BCUT2D eigenvalue weighted by Gasteiger charge is -2.08. The number of nitrogens with one attached hydrogen (secondary N) is 1. The largest absolute Gasteiger partial charge is 0.462 e. The molecule has 0 aromatic carbocycles. The van der Waals surface area contributed by atoms with Gasteiger partial charge in [-0.15, -0.1) is 34.4 Å². The van der Waals surface area contributed by atoms with Crippen LogP contribution in [0.1, 0.15) is 34.3 Å². The molecule has 0 saturated heterocycles. The smallest absolute Gasteiger partial charge is 0.341 e. The molecule has 0 spiro atoms. The summed E-state index contributed by atoms with van der Waals surface area (Å²) < 4.78 is 15.3. The van der Waals surface area contributed by atoms with Gasteiger partial charge < -0.3 is 19.3 Å². The van der Waals surface area contributed by atoms with E-state index in [1.807, 2.05) is 31.4 Å². The number of rotatable bonds is 10. The molecule has 1 N–H and O–H groups in total. The minimum Gasteiger partial charge on any atom is -0.462 e. The SMILES string of the molecule is CCOC(=O)c1c(-c2cccs2)csc1NC(=O)COC(=O)CSCc1c(C)noc1C. The molecule has 0 bridgehead atoms. The molecule has 32 heavy (non-hydrogen) atoms. The van der Waals surface area contributed by atoms with Gasteiger partial charge in [0.15, 0.2) is 6.61 Å². The van der Waals surface area contributed by atoms with E-state index in [9.17, 15) is 14.4 Å². The third-order valence-corrected chi connectivity index (χ3v) is 7.05. The van der Waals surface area contributed by atoms with Crippen LogP contribution >= 0.6 is 34.4 Å². The average Bonchev–Trinajstić information content (AvgIpc) is 3.49. The molecule has 0 unspecified atom stereocenters. The molecule has 0 radical (unpaired) electrons. The standard InChI is InChI=1S/C21H22N2O6S3/c1-4-27-21(26)19-15(16-6-5-7-31-16)10-32-20(19)22-17(24)8-28-18(25)11-30-9-14-12(2)23-29-13(14)3/h5-7,10H,4,8-9,11H2,1-3H3,(H,22,24). The third-order valence-electron chi connectivity index (χ3n) is 4.32. The Hall–Kier alpha value is -2.63. The van der Waals surface area contributed by atoms with E-state index >= 15 is 0 Å². The van der Waals surface area contributed by atoms with Crippen LogP contribution < -0.4 is 5.32 Å². The first-order chi connectivity index (χ1) is 15.4. The van der Waals surface area contributed by atoms with Gasteiger partial charge in [0.05, 0.1) is 18.1 Å². The van der Waals surface area contributed by atoms with Crippen LogP contribution in [0.5, 0.6) is 0 Å². The molecule has 0 aliphatic carbocycles. The number of amides is 1. The van der Waals surface area contributed by atoms with E-state index in [1.165, 1.54) is 34.4 Å². The first kappa shape index (κ1) is 24.0. The maximum atomic E-state index is 12.5. The molecular weight excluding hydrogens is 472 g/mol. The number of carbonyl (C=O) groups is 3. The number of aromatic nitrogens is 1. The van der Waals surface area contributed by atoms with Gasteiger partial charge in [-0.2, -0.15) is 0 Å². The van der Waals surface area contributed by atoms with Crippen molar-refractivity contribution in [1.29, 1.82) is 0 Å². The zero-order valence-corrected chi connectivity index (χ0v) is 20.2. The van der Waals surface area contributed by atoms with Crippen LogP contribution in [0.2, 0.25) is 0 Å². The van der Waals surface area contributed by atoms with Crippen LogP contribution in [0.25, 0.3) is 10.4 Å². The molecule has 3 aromatic rings. The van der Waals surface area contributed by atoms with Crippen molar-refractivity contribution in [2.24, 2.45) is 0 Å². The fourth-order valence-corrected chi connectivity index (χ4v) is 5.52. The van der Waals surface area contributed by atoms with Gasteiger partial charge in [0.2, 0.25) is 0 Å². The first-order valence-electron chi connectivity index (χ1n) is 9.68. The molecule has 0 aliphatic heterocycles. The van der Waals surface area contributed by atoms with Crippen molar-refractivity contribution in [2.45, 2.75) is 26.5 Å². The minimum atomic E-state index is -0.529. The predicted octanol–water partition coefficient (Wildman–Crippen LogP) is 4.67. The molecule has 0 fully saturated rings. The van der Waals surface area contributed by atoms with Crippen molar-refractivity contribution < 1.29 is 28.4 Å². The second-order valence-corrected chi connectivity index (χ2v) is 9.37. The molecule has 3 aromatic heterocycles. The summed E-state index contributed by atoms with van der Waals surface area (Å²) >= 11 is 4.06. The van der Waals surface area contributed by atoms with E-state index in [1.54, 1.807) is 12.3 Å². The molecule has 0 atom stereocenters. The van der Waals surface area contributed by atoms with E-state index in [2.05, 4.69) is 10.5 Å². The van der Waals surface area contributed by atoms with Gasteiger partial charge in [0, 0.05) is 27.1 Å². The Kier molecular flexibility index (Phi) is 8.48. The van der Waals surface area contributed by atoms with Crippen LogP contribution in [0, 0.1) is 13.8 Å². The highest BCUT2D eigenvalue weighted by molar-refractivity contribution is 7.99. The first-order valence-corrected chi connectivity index (χ1v) is 12.6. The van der Waals surface area contributed by atoms with Crippen LogP contribution in [-0.4, -0.2) is 42.0 Å². The van der Waals surface area contributed by atoms with Gasteiger partial charge in [0.1, 0.15) is 16.3 Å². The van der Waals surface area contributed by atoms with Crippen LogP contribution in [0.15, 0.2) is 27.4 Å². The van der Waals surface area contributed by atoms with Gasteiger partial charge in [-0.25, -0.2) is 4.79 Å². The molecule has 0 saturated carbocycles. The average molecular weight is 495 g/mol. The quantitative estimate of drug-likeness (QED) is 0.405. The van der Waals surface area contributed by atoms with E-state index in [0.717, 1.165) is 21.9 Å². The Morgan fingerprint density at radius 2 is 2.03 bits per heavy atom. The lowest BCUT2D eigenvalue weighted by Crippen LogP contribution is -2.22. The van der Waals surface area contributed by atoms with Gasteiger partial charge in [-0.05, 0) is 32.2 Å². The normalized spacial score (nSPS) is 10.7. The van der Waals surface area contributed by atoms with Crippen molar-refractivity contribution in [3.8, 4) is 10.4 Å². The van der Waals surface area contributed by atoms with E-state index in [0.29, 0.717) is 21.9 Å². The predicted molar refractivity (Wildman–Crippen MR) is 125 cm³/mol. The van der Waals surface area contributed by atoms with Gasteiger partial charge in [0.25, 0.3) is 5.91 Å². The molecule has 0 aliphatic rings. The number of ether oxygens (including phenoxy) is 2. The van der Waals surface area contributed by atoms with Crippen LogP contribution in [0.4, 0.5) is 5.00 Å². The van der Waals surface area contributed by atoms with Crippen LogP contribution in [0.3, 0.4) is 0 Å². The zero-order chi connectivity index (χ0) is 23.1. The maximum Gasteiger partial charge on any atom is 0.341 e. The number of hydrogen-bond donors (Lipinski definition) is 1. The second-order valence-electron chi connectivity index (χ2n) is 6.56. The Morgan fingerprint density at radius 3 is 2.69 bits per heavy atom. The summed E-state index contributed by atoms with van der Waals surface area (Å²) in [6.45, 7) is 5.15. The van der Waals surface area contributed by atoms with Crippen molar-refractivity contribution in [2.75, 3.05) is 24.3 Å². The molecular formula is C21H22N2O6S3. The third kappa shape index (κ3) is 5.99. The second kappa shape index (κ2) is 11.3. The number of thioether (sulfide) groups is 1. The number of hydrogen-bond acceptors (Lipinski definition) is 10. The summed E-state index contributed by atoms with van der Waals surface area (Å²) in [5, 5.41) is 10.6. The molecule has 170 valence electrons. The number of carbonyl (C=O) groups excluding carboxylic acids is 3. The van der Waals surface area contributed by atoms with Crippen molar-refractivity contribution in [1.82, 2.24) is 5.16 Å². The summed E-state index contributed by atoms with van der Waals surface area (Å²) in [6.07, 6.45) is 0. The maximum absolute atomic E-state index is 12.5. The van der Waals surface area contributed by atoms with Gasteiger partial charge in [-0.1, -0.05) is 11.2 Å². The Labute approximate surface area is 197 Å². The lowest BCUT2D eigenvalue weighted by molar-refractivity contribution is -0.144. The number of aryl methyl sites for hydroxylation is 2. The summed E-state index contributed by atoms with van der Waals surface area (Å²) in [7, 11) is 0. The van der Waals surface area contributed by atoms with Gasteiger partial charge >= 0.3 is 11.9 Å². The number of anilines is 1. The van der Waals surface area contributed by atoms with E-state index in [-0.39, 0.29) is 12.4 Å². The zero-order valence-electron chi connectivity index (χ0n) is 17.8. The van der Waals surface area contributed by atoms with Gasteiger partial charge in [-0.3, -0.25) is 9.59 Å². The Morgan fingerprint density at radius 1 is 1.22 bits per heavy atom. The van der Waals surface area contributed by atoms with Crippen molar-refractivity contribution >= 4 is 57.3 Å². The minimum absolute atomic E-state index is 0.0902. The highest BCUT2D eigenvalue weighted by atomic mass is 32.2. The molecule has 8 nitrogen and oxygen atoms in total. The lowest BCUT2D eigenvalue weighted by atomic mass is 10.1. The summed E-state index contributed by atoms with van der Waals surface area (Å²) in [6, 6.07) is 3.77. The molecule has 3 rings (SSSR count). The number of nitrogens with zero attached hydrogens (tertiary/aromatic N) is 1. The summed E-state index contributed by atoms with van der Waals surface area (Å²) in [5.41, 5.74) is 2.74. The fourth-order valence-electron chi connectivity index (χ4n) is 2.76. The molecule has 11 heteroatoms. The Balaban J connectivity index is 1.54. The summed E-state index contributed by atoms with van der Waals surface area (Å²) in [4.78, 5) is 37.7. The van der Waals surface area contributed by atoms with E-state index in [4.69, 9.17) is 14.0 Å². The highest BCUT2D eigenvalue weighted by Crippen LogP contribution is 2.38.